The monoisotopic (exact) mass is 558 g/mol. The highest BCUT2D eigenvalue weighted by molar-refractivity contribution is 9.10. The van der Waals surface area contributed by atoms with Gasteiger partial charge in [0.15, 0.2) is 0 Å². The van der Waals surface area contributed by atoms with Crippen LogP contribution in [0.3, 0.4) is 0 Å². The average Bonchev–Trinajstić information content (AvgIpc) is 2.83. The number of hydrazone groups is 1. The molecule has 0 aliphatic heterocycles. The number of ether oxygens (including phenoxy) is 1. The van der Waals surface area contributed by atoms with E-state index in [2.05, 4.69) is 26.5 Å². The second-order valence-corrected chi connectivity index (χ2v) is 10.3. The third-order valence-electron chi connectivity index (χ3n) is 4.91. The number of hydrogen-bond acceptors (Lipinski definition) is 6. The van der Waals surface area contributed by atoms with E-state index in [1.54, 1.807) is 49.4 Å². The topological polar surface area (TPSA) is 91.3 Å². The van der Waals surface area contributed by atoms with Gasteiger partial charge < -0.3 is 9.64 Å². The first kappa shape index (κ1) is 26.2. The number of rotatable bonds is 10. The van der Waals surface area contributed by atoms with E-state index in [1.165, 1.54) is 18.3 Å². The van der Waals surface area contributed by atoms with Crippen molar-refractivity contribution in [3.8, 4) is 5.75 Å². The van der Waals surface area contributed by atoms with Crippen LogP contribution in [0.2, 0.25) is 0 Å². The van der Waals surface area contributed by atoms with Gasteiger partial charge in [0, 0.05) is 18.6 Å². The van der Waals surface area contributed by atoms with Gasteiger partial charge in [-0.25, -0.2) is 13.8 Å². The average molecular weight is 559 g/mol. The maximum absolute atomic E-state index is 13.5. The van der Waals surface area contributed by atoms with Gasteiger partial charge in [-0.3, -0.25) is 9.10 Å². The quantitative estimate of drug-likeness (QED) is 0.296. The molecule has 0 aromatic heterocycles. The van der Waals surface area contributed by atoms with Gasteiger partial charge in [-0.2, -0.15) is 5.10 Å². The van der Waals surface area contributed by atoms with Crippen LogP contribution in [-0.2, 0) is 14.8 Å². The van der Waals surface area contributed by atoms with E-state index < -0.39 is 22.5 Å². The molecule has 3 rings (SSSR count). The van der Waals surface area contributed by atoms with E-state index in [0.717, 1.165) is 20.0 Å². The fourth-order valence-corrected chi connectivity index (χ4v) is 5.47. The van der Waals surface area contributed by atoms with Gasteiger partial charge in [0.25, 0.3) is 15.9 Å². The van der Waals surface area contributed by atoms with E-state index in [4.69, 9.17) is 4.74 Å². The number of para-hydroxylation sites is 2. The number of carbonyl (C=O) groups is 1. The summed E-state index contributed by atoms with van der Waals surface area (Å²) in [4.78, 5) is 14.8. The van der Waals surface area contributed by atoms with Crippen molar-refractivity contribution in [2.24, 2.45) is 5.10 Å². The Labute approximate surface area is 214 Å². The second kappa shape index (κ2) is 11.9. The molecule has 35 heavy (non-hydrogen) atoms. The molecule has 0 aliphatic rings. The number of benzene rings is 3. The molecule has 0 unspecified atom stereocenters. The Kier molecular flexibility index (Phi) is 8.89. The predicted molar refractivity (Wildman–Crippen MR) is 143 cm³/mol. The predicted octanol–water partition coefficient (Wildman–Crippen LogP) is 4.26. The first-order valence-electron chi connectivity index (χ1n) is 10.8. The molecule has 1 amide bonds. The molecule has 0 saturated heterocycles. The molecular formula is C25H27BrN4O4S. The lowest BCUT2D eigenvalue weighted by Gasteiger charge is -2.25. The molecule has 3 aromatic rings. The van der Waals surface area contributed by atoms with E-state index in [0.29, 0.717) is 12.4 Å². The van der Waals surface area contributed by atoms with Crippen LogP contribution in [0.1, 0.15) is 12.5 Å². The molecule has 0 radical (unpaired) electrons. The normalized spacial score (nSPS) is 11.3. The van der Waals surface area contributed by atoms with Crippen LogP contribution in [0.15, 0.2) is 87.3 Å². The van der Waals surface area contributed by atoms with Gasteiger partial charge >= 0.3 is 0 Å². The molecule has 3 aromatic carbocycles. The summed E-state index contributed by atoms with van der Waals surface area (Å²) in [5.41, 5.74) is 4.45. The number of nitrogens with zero attached hydrogens (tertiary/aromatic N) is 3. The highest BCUT2D eigenvalue weighted by atomic mass is 79.9. The van der Waals surface area contributed by atoms with Crippen molar-refractivity contribution in [2.45, 2.75) is 11.8 Å². The largest absolute Gasteiger partial charge is 0.492 e. The summed E-state index contributed by atoms with van der Waals surface area (Å²) >= 11 is 3.51. The van der Waals surface area contributed by atoms with Gasteiger partial charge in [0.2, 0.25) is 0 Å². The van der Waals surface area contributed by atoms with Crippen molar-refractivity contribution in [1.82, 2.24) is 5.43 Å². The van der Waals surface area contributed by atoms with E-state index >= 15 is 0 Å². The third-order valence-corrected chi connectivity index (χ3v) is 7.32. The Balaban J connectivity index is 1.85. The highest BCUT2D eigenvalue weighted by Gasteiger charge is 2.29. The maximum Gasteiger partial charge on any atom is 0.264 e. The van der Waals surface area contributed by atoms with Crippen LogP contribution in [0.25, 0.3) is 0 Å². The number of carbonyl (C=O) groups excluding carboxylic acids is 1. The summed E-state index contributed by atoms with van der Waals surface area (Å²) in [6, 6.07) is 20.3. The Morgan fingerprint density at radius 3 is 2.37 bits per heavy atom. The minimum Gasteiger partial charge on any atom is -0.492 e. The van der Waals surface area contributed by atoms with Gasteiger partial charge in [0.05, 0.1) is 29.1 Å². The zero-order valence-electron chi connectivity index (χ0n) is 19.7. The number of halogens is 1. The van der Waals surface area contributed by atoms with Crippen LogP contribution < -0.4 is 19.4 Å². The molecule has 0 aliphatic carbocycles. The van der Waals surface area contributed by atoms with E-state index in [9.17, 15) is 13.2 Å². The third kappa shape index (κ3) is 6.61. The Morgan fingerprint density at radius 2 is 1.71 bits per heavy atom. The fourth-order valence-electron chi connectivity index (χ4n) is 3.27. The van der Waals surface area contributed by atoms with Crippen LogP contribution in [0.5, 0.6) is 5.75 Å². The summed E-state index contributed by atoms with van der Waals surface area (Å²) in [5, 5.41) is 4.01. The van der Waals surface area contributed by atoms with Gasteiger partial charge in [-0.15, -0.1) is 0 Å². The molecule has 0 atom stereocenters. The van der Waals surface area contributed by atoms with Crippen LogP contribution in [-0.4, -0.2) is 47.8 Å². The lowest BCUT2D eigenvalue weighted by molar-refractivity contribution is -0.119. The molecule has 184 valence electrons. The van der Waals surface area contributed by atoms with Crippen molar-refractivity contribution in [3.63, 3.8) is 0 Å². The van der Waals surface area contributed by atoms with Crippen molar-refractivity contribution in [3.05, 3.63) is 82.8 Å². The lowest BCUT2D eigenvalue weighted by Crippen LogP contribution is -2.39. The molecule has 0 saturated carbocycles. The van der Waals surface area contributed by atoms with Crippen molar-refractivity contribution in [2.75, 3.05) is 36.5 Å². The van der Waals surface area contributed by atoms with Gasteiger partial charge in [0.1, 0.15) is 12.3 Å². The first-order valence-corrected chi connectivity index (χ1v) is 13.1. The molecule has 0 heterocycles. The van der Waals surface area contributed by atoms with Crippen LogP contribution in [0.4, 0.5) is 11.4 Å². The van der Waals surface area contributed by atoms with Crippen molar-refractivity contribution >= 4 is 49.4 Å². The molecule has 10 heteroatoms. The molecule has 0 bridgehead atoms. The number of anilines is 2. The van der Waals surface area contributed by atoms with Gasteiger partial charge in [-0.05, 0) is 64.8 Å². The Hall–Kier alpha value is -3.37. The molecule has 8 nitrogen and oxygen atoms in total. The second-order valence-electron chi connectivity index (χ2n) is 7.62. The molecule has 0 fully saturated rings. The summed E-state index contributed by atoms with van der Waals surface area (Å²) in [5.74, 6) is -0.243. The standard InChI is InChI=1S/C25H27BrN4O4S/c1-4-34-24-13-9-8-12-23(24)30(35(32,33)20-10-6-5-7-11-20)18-25(31)28-27-17-19-14-15-22(29(2)3)21(26)16-19/h5-17H,4,18H2,1-3H3,(H,28,31). The minimum absolute atomic E-state index is 0.0634. The highest BCUT2D eigenvalue weighted by Crippen LogP contribution is 2.32. The minimum atomic E-state index is -4.06. The zero-order valence-corrected chi connectivity index (χ0v) is 22.1. The van der Waals surface area contributed by atoms with E-state index in [-0.39, 0.29) is 10.6 Å². The van der Waals surface area contributed by atoms with Crippen LogP contribution in [0, 0.1) is 0 Å². The lowest BCUT2D eigenvalue weighted by atomic mass is 10.2. The Bertz CT molecular complexity index is 1300. The molecule has 0 spiro atoms. The zero-order chi connectivity index (χ0) is 25.4. The number of hydrogen-bond donors (Lipinski definition) is 1. The molecular weight excluding hydrogens is 532 g/mol. The molecule has 1 N–H and O–H groups in total. The van der Waals surface area contributed by atoms with Crippen molar-refractivity contribution < 1.29 is 17.9 Å². The summed E-state index contributed by atoms with van der Waals surface area (Å²) in [7, 11) is -0.181. The fraction of sp³-hybridized carbons (Fsp3) is 0.200. The SMILES string of the molecule is CCOc1ccccc1N(CC(=O)NN=Cc1ccc(N(C)C)c(Br)c1)S(=O)(=O)c1ccccc1. The van der Waals surface area contributed by atoms with Crippen molar-refractivity contribution in [1.29, 1.82) is 0 Å². The summed E-state index contributed by atoms with van der Waals surface area (Å²) in [6.45, 7) is 1.66. The first-order chi connectivity index (χ1) is 16.7. The Morgan fingerprint density at radius 1 is 1.03 bits per heavy atom. The van der Waals surface area contributed by atoms with Crippen LogP contribution >= 0.6 is 15.9 Å². The number of nitrogens with one attached hydrogen (secondary N) is 1. The number of amides is 1. The summed E-state index contributed by atoms with van der Waals surface area (Å²) in [6.07, 6.45) is 1.49. The summed E-state index contributed by atoms with van der Waals surface area (Å²) < 4.78 is 34.5. The van der Waals surface area contributed by atoms with Gasteiger partial charge in [-0.1, -0.05) is 36.4 Å². The number of sulfonamides is 1. The van der Waals surface area contributed by atoms with E-state index in [1.807, 2.05) is 37.2 Å². The maximum atomic E-state index is 13.5. The smallest absolute Gasteiger partial charge is 0.264 e.